The first-order valence-electron chi connectivity index (χ1n) is 11.8. The van der Waals surface area contributed by atoms with Crippen LogP contribution in [0.5, 0.6) is 0 Å². The van der Waals surface area contributed by atoms with Crippen LogP contribution in [0.3, 0.4) is 0 Å². The average molecular weight is 478 g/mol. The van der Waals surface area contributed by atoms with E-state index in [2.05, 4.69) is 30.2 Å². The van der Waals surface area contributed by atoms with Gasteiger partial charge in [0.2, 0.25) is 11.8 Å². The zero-order valence-corrected chi connectivity index (χ0v) is 21.6. The zero-order chi connectivity index (χ0) is 24.8. The fourth-order valence-corrected chi connectivity index (χ4v) is 3.98. The van der Waals surface area contributed by atoms with Crippen LogP contribution in [0, 0.1) is 0 Å². The highest BCUT2D eigenvalue weighted by Gasteiger charge is 2.41. The van der Waals surface area contributed by atoms with E-state index >= 15 is 0 Å². The molecule has 1 aromatic carbocycles. The summed E-state index contributed by atoms with van der Waals surface area (Å²) in [4.78, 5) is 41.2. The second-order valence-electron chi connectivity index (χ2n) is 9.87. The maximum atomic E-state index is 13.8. The topological polar surface area (TPSA) is 87.7 Å². The van der Waals surface area contributed by atoms with Gasteiger partial charge in [-0.3, -0.25) is 9.59 Å². The van der Waals surface area contributed by atoms with E-state index in [9.17, 15) is 14.4 Å². The number of alkyl carbamates (subject to hydrolysis) is 1. The van der Waals surface area contributed by atoms with Crippen LogP contribution in [0.15, 0.2) is 24.3 Å². The molecule has 0 spiro atoms. The van der Waals surface area contributed by atoms with Crippen LogP contribution in [0.25, 0.3) is 0 Å². The van der Waals surface area contributed by atoms with E-state index in [1.165, 1.54) is 0 Å². The third kappa shape index (κ3) is 7.66. The molecule has 0 heterocycles. The van der Waals surface area contributed by atoms with Crippen molar-refractivity contribution in [2.75, 3.05) is 5.75 Å². The van der Waals surface area contributed by atoms with Crippen molar-refractivity contribution >= 4 is 30.5 Å². The van der Waals surface area contributed by atoms with E-state index in [-0.39, 0.29) is 29.7 Å². The Balaban J connectivity index is 2.41. The molecule has 1 aliphatic rings. The lowest BCUT2D eigenvalue weighted by Gasteiger charge is -2.43. The molecule has 0 radical (unpaired) electrons. The molecule has 2 N–H and O–H groups in total. The Labute approximate surface area is 203 Å². The fourth-order valence-electron chi connectivity index (χ4n) is 3.74. The molecule has 184 valence electrons. The highest BCUT2D eigenvalue weighted by Crippen LogP contribution is 2.34. The first kappa shape index (κ1) is 27.0. The Kier molecular flexibility index (Phi) is 9.64. The number of nitrogens with zero attached hydrogens (tertiary/aromatic N) is 1. The molecular formula is C25H39N3O4S. The number of hydrogen-bond donors (Lipinski definition) is 3. The summed E-state index contributed by atoms with van der Waals surface area (Å²) in [6.07, 6.45) is 2.83. The van der Waals surface area contributed by atoms with Crippen molar-refractivity contribution in [3.8, 4) is 0 Å². The number of rotatable bonds is 9. The number of hydrogen-bond acceptors (Lipinski definition) is 5. The van der Waals surface area contributed by atoms with Crippen molar-refractivity contribution in [2.24, 2.45) is 0 Å². The van der Waals surface area contributed by atoms with E-state index in [4.69, 9.17) is 4.74 Å². The molecule has 0 bridgehead atoms. The lowest BCUT2D eigenvalue weighted by molar-refractivity contribution is -0.147. The third-order valence-corrected chi connectivity index (χ3v) is 5.92. The largest absolute Gasteiger partial charge is 0.444 e. The number of aryl methyl sites for hydroxylation is 1. The highest BCUT2D eigenvalue weighted by molar-refractivity contribution is 7.80. The van der Waals surface area contributed by atoms with E-state index in [0.717, 1.165) is 36.8 Å². The zero-order valence-electron chi connectivity index (χ0n) is 20.7. The summed E-state index contributed by atoms with van der Waals surface area (Å²) in [6.45, 7) is 11.1. The molecule has 2 rings (SSSR count). The van der Waals surface area contributed by atoms with Gasteiger partial charge in [0.05, 0.1) is 0 Å². The number of carbonyl (C=O) groups excluding carboxylic acids is 3. The van der Waals surface area contributed by atoms with Gasteiger partial charge in [0, 0.05) is 17.8 Å². The molecule has 1 aromatic rings. The second-order valence-corrected chi connectivity index (χ2v) is 10.2. The van der Waals surface area contributed by atoms with Crippen molar-refractivity contribution in [2.45, 2.75) is 97.0 Å². The minimum absolute atomic E-state index is 0.0749. The van der Waals surface area contributed by atoms with Crippen LogP contribution in [0.1, 0.15) is 78.0 Å². The monoisotopic (exact) mass is 477 g/mol. The van der Waals surface area contributed by atoms with Gasteiger partial charge in [0.15, 0.2) is 0 Å². The molecule has 1 saturated carbocycles. The third-order valence-electron chi connectivity index (χ3n) is 5.56. The molecule has 33 heavy (non-hydrogen) atoms. The Morgan fingerprint density at radius 1 is 1.12 bits per heavy atom. The van der Waals surface area contributed by atoms with E-state index < -0.39 is 23.8 Å². The molecule has 3 amide bonds. The molecule has 7 nitrogen and oxygen atoms in total. The Morgan fingerprint density at radius 3 is 2.15 bits per heavy atom. The second kappa shape index (κ2) is 11.8. The van der Waals surface area contributed by atoms with E-state index in [1.807, 2.05) is 38.1 Å². The normalized spacial score (nSPS) is 15.9. The predicted molar refractivity (Wildman–Crippen MR) is 133 cm³/mol. The molecule has 1 fully saturated rings. The van der Waals surface area contributed by atoms with Crippen molar-refractivity contribution in [3.05, 3.63) is 35.4 Å². The van der Waals surface area contributed by atoms with Crippen molar-refractivity contribution < 1.29 is 19.1 Å². The summed E-state index contributed by atoms with van der Waals surface area (Å²) in [5.41, 5.74) is 1.21. The van der Waals surface area contributed by atoms with Crippen molar-refractivity contribution in [3.63, 3.8) is 0 Å². The van der Waals surface area contributed by atoms with Crippen LogP contribution in [0.2, 0.25) is 0 Å². The summed E-state index contributed by atoms with van der Waals surface area (Å²) in [5, 5.41) is 5.62. The lowest BCUT2D eigenvalue weighted by Crippen LogP contribution is -2.58. The number of ether oxygens (including phenoxy) is 1. The summed E-state index contributed by atoms with van der Waals surface area (Å²) in [6, 6.07) is 5.96. The molecule has 0 aromatic heterocycles. The fraction of sp³-hybridized carbons (Fsp3) is 0.640. The minimum atomic E-state index is -0.909. The quantitative estimate of drug-likeness (QED) is 0.469. The summed E-state index contributed by atoms with van der Waals surface area (Å²) >= 11 is 4.32. The van der Waals surface area contributed by atoms with Crippen LogP contribution in [-0.4, -0.2) is 52.3 Å². The van der Waals surface area contributed by atoms with E-state index in [1.54, 1.807) is 25.7 Å². The maximum absolute atomic E-state index is 13.8. The van der Waals surface area contributed by atoms with Crippen LogP contribution in [-0.2, 0) is 20.7 Å². The van der Waals surface area contributed by atoms with Gasteiger partial charge < -0.3 is 20.3 Å². The smallest absolute Gasteiger partial charge is 0.408 e. The van der Waals surface area contributed by atoms with Crippen LogP contribution < -0.4 is 10.6 Å². The summed E-state index contributed by atoms with van der Waals surface area (Å²) in [7, 11) is 0. The van der Waals surface area contributed by atoms with Gasteiger partial charge in [-0.15, -0.1) is 0 Å². The average Bonchev–Trinajstić information content (AvgIpc) is 2.68. The first-order chi connectivity index (χ1) is 15.5. The van der Waals surface area contributed by atoms with Crippen LogP contribution in [0.4, 0.5) is 4.79 Å². The van der Waals surface area contributed by atoms with Crippen molar-refractivity contribution in [1.29, 1.82) is 0 Å². The summed E-state index contributed by atoms with van der Waals surface area (Å²) in [5.74, 6) is -0.470. The maximum Gasteiger partial charge on any atom is 0.408 e. The molecule has 2 atom stereocenters. The molecule has 1 aliphatic carbocycles. The standard InChI is InChI=1S/C25H39N3O4S/c1-7-17-11-13-18(14-12-17)21(22(29)26-16(2)3)28(19-9-8-10-19)23(30)20(15-33)27-24(31)32-25(4,5)6/h11-14,16,19-21,33H,7-10,15H2,1-6H3,(H,26,29)(H,27,31). The van der Waals surface area contributed by atoms with Gasteiger partial charge >= 0.3 is 6.09 Å². The highest BCUT2D eigenvalue weighted by atomic mass is 32.1. The van der Waals surface area contributed by atoms with Gasteiger partial charge in [-0.25, -0.2) is 4.79 Å². The SMILES string of the molecule is CCc1ccc(C(C(=O)NC(C)C)N(C(=O)C(CS)NC(=O)OC(C)(C)C)C2CCC2)cc1. The molecule has 2 unspecified atom stereocenters. The minimum Gasteiger partial charge on any atom is -0.444 e. The molecular weight excluding hydrogens is 438 g/mol. The van der Waals surface area contributed by atoms with Gasteiger partial charge in [-0.05, 0) is 71.4 Å². The Hall–Kier alpha value is -2.22. The number of thiol groups is 1. The van der Waals surface area contributed by atoms with E-state index in [0.29, 0.717) is 0 Å². The predicted octanol–water partition coefficient (Wildman–Crippen LogP) is 4.02. The lowest BCUT2D eigenvalue weighted by atomic mass is 9.88. The number of carbonyl (C=O) groups is 3. The van der Waals surface area contributed by atoms with Gasteiger partial charge in [-0.1, -0.05) is 31.2 Å². The van der Waals surface area contributed by atoms with Gasteiger partial charge in [0.25, 0.3) is 0 Å². The van der Waals surface area contributed by atoms with Gasteiger partial charge in [-0.2, -0.15) is 12.6 Å². The van der Waals surface area contributed by atoms with Gasteiger partial charge in [0.1, 0.15) is 17.7 Å². The molecule has 0 aliphatic heterocycles. The van der Waals surface area contributed by atoms with Crippen molar-refractivity contribution in [1.82, 2.24) is 15.5 Å². The first-order valence-corrected chi connectivity index (χ1v) is 12.4. The molecule has 0 saturated heterocycles. The number of nitrogens with one attached hydrogen (secondary N) is 2. The van der Waals surface area contributed by atoms with Crippen LogP contribution >= 0.6 is 12.6 Å². The Bertz CT molecular complexity index is 816. The summed E-state index contributed by atoms with van der Waals surface area (Å²) < 4.78 is 5.34. The Morgan fingerprint density at radius 2 is 1.73 bits per heavy atom. The molecule has 8 heteroatoms. The number of amides is 3. The number of benzene rings is 1.